The number of nitrogens with one attached hydrogen (secondary N) is 2. The number of halogens is 1. The summed E-state index contributed by atoms with van der Waals surface area (Å²) in [4.78, 5) is 23.5. The molecule has 2 atom stereocenters. The van der Waals surface area contributed by atoms with Gasteiger partial charge in [-0.1, -0.05) is 0 Å². The first kappa shape index (κ1) is 24.1. The zero-order chi connectivity index (χ0) is 19.1. The van der Waals surface area contributed by atoms with Gasteiger partial charge in [-0.2, -0.15) is 0 Å². The topological polar surface area (TPSA) is 88.1 Å². The van der Waals surface area contributed by atoms with E-state index in [1.54, 1.807) is 14.0 Å². The van der Waals surface area contributed by atoms with E-state index in [2.05, 4.69) is 32.6 Å². The number of carbonyl (C=O) groups excluding carboxylic acids is 1. The van der Waals surface area contributed by atoms with E-state index in [0.717, 1.165) is 24.7 Å². The van der Waals surface area contributed by atoms with E-state index in [1.807, 2.05) is 13.8 Å². The van der Waals surface area contributed by atoms with Crippen molar-refractivity contribution < 1.29 is 14.3 Å². The molecule has 0 aromatic carbocycles. The number of aliphatic imine (C=N–C) groups is 1. The molecule has 0 radical (unpaired) electrons. The van der Waals surface area contributed by atoms with Crippen molar-refractivity contribution in [1.29, 1.82) is 0 Å². The van der Waals surface area contributed by atoms with Gasteiger partial charge in [-0.3, -0.25) is 4.99 Å². The molecule has 0 saturated carbocycles. The van der Waals surface area contributed by atoms with Gasteiger partial charge in [-0.15, -0.1) is 35.3 Å². The van der Waals surface area contributed by atoms with E-state index in [-0.39, 0.29) is 42.1 Å². The molecule has 154 valence electrons. The van der Waals surface area contributed by atoms with Crippen LogP contribution in [0.5, 0.6) is 0 Å². The fourth-order valence-corrected chi connectivity index (χ4v) is 3.61. The van der Waals surface area contributed by atoms with E-state index in [1.165, 1.54) is 11.3 Å². The van der Waals surface area contributed by atoms with Crippen molar-refractivity contribution in [2.45, 2.75) is 32.9 Å². The second-order valence-electron chi connectivity index (χ2n) is 6.26. The Labute approximate surface area is 182 Å². The molecule has 2 N–H and O–H groups in total. The molecule has 8 nitrogen and oxygen atoms in total. The first-order valence-electron chi connectivity index (χ1n) is 8.86. The lowest BCUT2D eigenvalue weighted by molar-refractivity contribution is -0.0161. The lowest BCUT2D eigenvalue weighted by Crippen LogP contribution is -2.48. The molecule has 2 unspecified atom stereocenters. The average Bonchev–Trinajstić information content (AvgIpc) is 3.00. The van der Waals surface area contributed by atoms with E-state index in [4.69, 9.17) is 9.47 Å². The average molecular weight is 511 g/mol. The number of rotatable bonds is 6. The third-order valence-corrected chi connectivity index (χ3v) is 5.38. The van der Waals surface area contributed by atoms with Crippen molar-refractivity contribution in [2.75, 3.05) is 46.9 Å². The highest BCUT2D eigenvalue weighted by molar-refractivity contribution is 14.0. The second-order valence-corrected chi connectivity index (χ2v) is 7.29. The first-order valence-corrected chi connectivity index (χ1v) is 9.68. The van der Waals surface area contributed by atoms with Gasteiger partial charge in [0, 0.05) is 26.7 Å². The Morgan fingerprint density at radius 3 is 2.93 bits per heavy atom. The van der Waals surface area contributed by atoms with Crippen molar-refractivity contribution in [3.8, 4) is 0 Å². The molecule has 2 rings (SSSR count). The minimum atomic E-state index is -0.318. The third-order valence-electron chi connectivity index (χ3n) is 4.06. The van der Waals surface area contributed by atoms with Crippen LogP contribution >= 0.6 is 35.3 Å². The van der Waals surface area contributed by atoms with Gasteiger partial charge in [-0.05, 0) is 27.8 Å². The van der Waals surface area contributed by atoms with Gasteiger partial charge in [0.2, 0.25) is 0 Å². The number of aromatic nitrogens is 1. The summed E-state index contributed by atoms with van der Waals surface area (Å²) >= 11 is 1.35. The van der Waals surface area contributed by atoms with Gasteiger partial charge >= 0.3 is 5.97 Å². The van der Waals surface area contributed by atoms with Crippen molar-refractivity contribution in [2.24, 2.45) is 4.99 Å². The Kier molecular flexibility index (Phi) is 10.5. The predicted octanol–water partition coefficient (Wildman–Crippen LogP) is 1.80. The molecular formula is C17H30IN5O3S. The molecule has 0 aliphatic carbocycles. The van der Waals surface area contributed by atoms with Gasteiger partial charge in [0.25, 0.3) is 0 Å². The van der Waals surface area contributed by atoms with Crippen LogP contribution < -0.4 is 10.6 Å². The summed E-state index contributed by atoms with van der Waals surface area (Å²) in [6.07, 6.45) is 0.139. The standard InChI is InChI=1S/C17H29N5O3S.HI/c1-6-24-16(23)14-11(2)20-15(26-14)12(3)21-17(18-4)19-9-13-10-22(5)7-8-25-13;/h12-13H,6-10H2,1-5H3,(H2,18,19,21);1H. The number of aryl methyl sites for hydroxylation is 1. The number of carbonyl (C=O) groups is 1. The summed E-state index contributed by atoms with van der Waals surface area (Å²) in [6, 6.07) is -0.0805. The number of morpholine rings is 1. The summed E-state index contributed by atoms with van der Waals surface area (Å²) in [5.74, 6) is 0.363. The first-order chi connectivity index (χ1) is 12.4. The molecule has 1 aliphatic heterocycles. The minimum Gasteiger partial charge on any atom is -0.462 e. The highest BCUT2D eigenvalue weighted by Crippen LogP contribution is 2.24. The van der Waals surface area contributed by atoms with Crippen LogP contribution in [0, 0.1) is 6.92 Å². The van der Waals surface area contributed by atoms with E-state index in [0.29, 0.717) is 29.7 Å². The molecule has 1 aliphatic rings. The maximum atomic E-state index is 12.0. The molecule has 10 heteroatoms. The molecule has 0 bridgehead atoms. The van der Waals surface area contributed by atoms with E-state index < -0.39 is 0 Å². The molecule has 1 aromatic rings. The number of guanidine groups is 1. The zero-order valence-corrected chi connectivity index (χ0v) is 19.7. The summed E-state index contributed by atoms with van der Waals surface area (Å²) in [5.41, 5.74) is 0.693. The molecule has 1 fully saturated rings. The van der Waals surface area contributed by atoms with Crippen LogP contribution in [0.15, 0.2) is 4.99 Å². The molecule has 2 heterocycles. The Bertz CT molecular complexity index is 640. The number of ether oxygens (including phenoxy) is 2. The van der Waals surface area contributed by atoms with Crippen molar-refractivity contribution in [3.63, 3.8) is 0 Å². The number of hydrogen-bond donors (Lipinski definition) is 2. The van der Waals surface area contributed by atoms with Gasteiger partial charge in [0.15, 0.2) is 5.96 Å². The molecular weight excluding hydrogens is 481 g/mol. The Balaban J connectivity index is 0.00000364. The minimum absolute atomic E-state index is 0. The Morgan fingerprint density at radius 1 is 1.56 bits per heavy atom. The highest BCUT2D eigenvalue weighted by Gasteiger charge is 2.21. The van der Waals surface area contributed by atoms with Gasteiger partial charge in [0.1, 0.15) is 9.88 Å². The number of likely N-dealkylation sites (N-methyl/N-ethyl adjacent to an activating group) is 1. The molecule has 0 amide bonds. The normalized spacial score (nSPS) is 19.1. The maximum absolute atomic E-state index is 12.0. The fraction of sp³-hybridized carbons (Fsp3) is 0.706. The van der Waals surface area contributed by atoms with Gasteiger partial charge in [0.05, 0.1) is 31.1 Å². The quantitative estimate of drug-likeness (QED) is 0.261. The van der Waals surface area contributed by atoms with Crippen LogP contribution in [-0.2, 0) is 9.47 Å². The molecule has 0 spiro atoms. The number of hydrogen-bond acceptors (Lipinski definition) is 7. The smallest absolute Gasteiger partial charge is 0.350 e. The van der Waals surface area contributed by atoms with Crippen LogP contribution in [0.2, 0.25) is 0 Å². The fourth-order valence-electron chi connectivity index (χ4n) is 2.65. The monoisotopic (exact) mass is 511 g/mol. The lowest BCUT2D eigenvalue weighted by Gasteiger charge is -2.30. The van der Waals surface area contributed by atoms with E-state index >= 15 is 0 Å². The van der Waals surface area contributed by atoms with Crippen molar-refractivity contribution >= 4 is 47.2 Å². The zero-order valence-electron chi connectivity index (χ0n) is 16.6. The second kappa shape index (κ2) is 11.8. The molecule has 1 saturated heterocycles. The molecule has 1 aromatic heterocycles. The number of esters is 1. The molecule has 27 heavy (non-hydrogen) atoms. The summed E-state index contributed by atoms with van der Waals surface area (Å²) in [7, 11) is 3.82. The van der Waals surface area contributed by atoms with Crippen molar-refractivity contribution in [3.05, 3.63) is 15.6 Å². The lowest BCUT2D eigenvalue weighted by atomic mass is 10.3. The number of nitrogens with zero attached hydrogens (tertiary/aromatic N) is 3. The summed E-state index contributed by atoms with van der Waals surface area (Å²) < 4.78 is 10.8. The van der Waals surface area contributed by atoms with E-state index in [9.17, 15) is 4.79 Å². The Hall–Kier alpha value is -0.980. The third kappa shape index (κ3) is 7.16. The van der Waals surface area contributed by atoms with Crippen LogP contribution in [-0.4, -0.2) is 74.9 Å². The number of thiazole rings is 1. The predicted molar refractivity (Wildman–Crippen MR) is 118 cm³/mol. The van der Waals surface area contributed by atoms with Crippen LogP contribution in [0.4, 0.5) is 0 Å². The van der Waals surface area contributed by atoms with Gasteiger partial charge in [-0.25, -0.2) is 9.78 Å². The highest BCUT2D eigenvalue weighted by atomic mass is 127. The largest absolute Gasteiger partial charge is 0.462 e. The van der Waals surface area contributed by atoms with Gasteiger partial charge < -0.3 is 25.0 Å². The summed E-state index contributed by atoms with van der Waals surface area (Å²) in [6.45, 7) is 9.26. The maximum Gasteiger partial charge on any atom is 0.350 e. The SMILES string of the molecule is CCOC(=O)c1sc(C(C)NC(=NC)NCC2CN(C)CCO2)nc1C.I. The van der Waals surface area contributed by atoms with Crippen LogP contribution in [0.25, 0.3) is 0 Å². The van der Waals surface area contributed by atoms with Crippen molar-refractivity contribution in [1.82, 2.24) is 20.5 Å². The summed E-state index contributed by atoms with van der Waals surface area (Å²) in [5, 5.41) is 7.43. The van der Waals surface area contributed by atoms with Crippen LogP contribution in [0.3, 0.4) is 0 Å². The Morgan fingerprint density at radius 2 is 2.30 bits per heavy atom. The van der Waals surface area contributed by atoms with Crippen LogP contribution in [0.1, 0.15) is 40.3 Å².